The van der Waals surface area contributed by atoms with Gasteiger partial charge in [0, 0.05) is 30.9 Å². The van der Waals surface area contributed by atoms with Crippen molar-refractivity contribution in [1.29, 1.82) is 0 Å². The second-order valence-electron chi connectivity index (χ2n) is 5.04. The van der Waals surface area contributed by atoms with Gasteiger partial charge in [0.15, 0.2) is 6.61 Å². The number of anilines is 1. The van der Waals surface area contributed by atoms with Crippen LogP contribution in [0.3, 0.4) is 0 Å². The molecule has 1 aromatic carbocycles. The maximum absolute atomic E-state index is 11.9. The highest BCUT2D eigenvalue weighted by atomic mass is 35.5. The molecule has 0 saturated carbocycles. The molecule has 0 aliphatic carbocycles. The van der Waals surface area contributed by atoms with E-state index in [2.05, 4.69) is 10.3 Å². The van der Waals surface area contributed by atoms with Gasteiger partial charge in [-0.2, -0.15) is 0 Å². The Bertz CT molecular complexity index is 766. The third-order valence-electron chi connectivity index (χ3n) is 2.93. The Labute approximate surface area is 149 Å². The molecule has 6 nitrogen and oxygen atoms in total. The zero-order valence-corrected chi connectivity index (χ0v) is 14.6. The van der Waals surface area contributed by atoms with E-state index in [1.54, 1.807) is 32.3 Å². The number of benzene rings is 1. The van der Waals surface area contributed by atoms with Gasteiger partial charge in [0.25, 0.3) is 11.8 Å². The summed E-state index contributed by atoms with van der Waals surface area (Å²) in [5.74, 6) is -0.000668. The number of carbonyl (C=O) groups excluding carboxylic acids is 2. The Hall–Kier alpha value is -2.31. The van der Waals surface area contributed by atoms with Crippen LogP contribution in [0.25, 0.3) is 0 Å². The van der Waals surface area contributed by atoms with Crippen LogP contribution < -0.4 is 10.1 Å². The van der Waals surface area contributed by atoms with Crippen LogP contribution in [0.4, 0.5) is 5.82 Å². The lowest BCUT2D eigenvalue weighted by atomic mass is 10.2. The predicted octanol–water partition coefficient (Wildman–Crippen LogP) is 3.11. The van der Waals surface area contributed by atoms with Crippen molar-refractivity contribution < 1.29 is 14.3 Å². The maximum atomic E-state index is 11.9. The molecule has 8 heteroatoms. The van der Waals surface area contributed by atoms with Crippen LogP contribution in [0, 0.1) is 0 Å². The highest BCUT2D eigenvalue weighted by molar-refractivity contribution is 6.35. The van der Waals surface area contributed by atoms with Crippen molar-refractivity contribution in [3.8, 4) is 5.75 Å². The van der Waals surface area contributed by atoms with Crippen LogP contribution in [0.2, 0.25) is 10.0 Å². The SMILES string of the molecule is CN(C)C(=O)c1ccnc(NC(=O)COc2ccc(Cl)cc2Cl)c1. The number of halogens is 2. The van der Waals surface area contributed by atoms with Crippen LogP contribution >= 0.6 is 23.2 Å². The summed E-state index contributed by atoms with van der Waals surface area (Å²) in [4.78, 5) is 29.3. The molecule has 126 valence electrons. The van der Waals surface area contributed by atoms with E-state index in [0.29, 0.717) is 21.4 Å². The number of ether oxygens (including phenoxy) is 1. The summed E-state index contributed by atoms with van der Waals surface area (Å²) >= 11 is 11.8. The summed E-state index contributed by atoms with van der Waals surface area (Å²) in [7, 11) is 3.29. The molecule has 2 amide bonds. The molecule has 1 aromatic heterocycles. The average Bonchev–Trinajstić information content (AvgIpc) is 2.53. The Morgan fingerprint density at radius 3 is 2.62 bits per heavy atom. The third kappa shape index (κ3) is 4.84. The molecule has 24 heavy (non-hydrogen) atoms. The van der Waals surface area contributed by atoms with Crippen molar-refractivity contribution in [2.45, 2.75) is 0 Å². The normalized spacial score (nSPS) is 10.2. The number of nitrogens with one attached hydrogen (secondary N) is 1. The topological polar surface area (TPSA) is 71.5 Å². The summed E-state index contributed by atoms with van der Waals surface area (Å²) in [5.41, 5.74) is 0.423. The second-order valence-corrected chi connectivity index (χ2v) is 5.88. The summed E-state index contributed by atoms with van der Waals surface area (Å²) in [6.07, 6.45) is 1.45. The molecule has 2 rings (SSSR count). The number of rotatable bonds is 5. The molecule has 0 radical (unpaired) electrons. The van der Waals surface area contributed by atoms with Gasteiger partial charge in [0.05, 0.1) is 5.02 Å². The average molecular weight is 368 g/mol. The van der Waals surface area contributed by atoms with Crippen molar-refractivity contribution in [2.75, 3.05) is 26.0 Å². The van der Waals surface area contributed by atoms with Gasteiger partial charge in [-0.25, -0.2) is 4.98 Å². The Morgan fingerprint density at radius 2 is 1.96 bits per heavy atom. The molecule has 0 bridgehead atoms. The van der Waals surface area contributed by atoms with E-state index < -0.39 is 5.91 Å². The largest absolute Gasteiger partial charge is 0.482 e. The number of pyridine rings is 1. The monoisotopic (exact) mass is 367 g/mol. The third-order valence-corrected chi connectivity index (χ3v) is 3.46. The minimum atomic E-state index is -0.428. The standard InChI is InChI=1S/C16H15Cl2N3O3/c1-21(2)16(23)10-5-6-19-14(7-10)20-15(22)9-24-13-4-3-11(17)8-12(13)18/h3-8H,9H2,1-2H3,(H,19,20,22). The first-order chi connectivity index (χ1) is 11.4. The molecule has 1 N–H and O–H groups in total. The molecule has 0 saturated heterocycles. The lowest BCUT2D eigenvalue weighted by Crippen LogP contribution is -2.23. The summed E-state index contributed by atoms with van der Waals surface area (Å²) in [5, 5.41) is 3.35. The van der Waals surface area contributed by atoms with Gasteiger partial charge in [-0.15, -0.1) is 0 Å². The van der Waals surface area contributed by atoms with E-state index in [0.717, 1.165) is 0 Å². The summed E-state index contributed by atoms with van der Waals surface area (Å²) in [6, 6.07) is 7.77. The van der Waals surface area contributed by atoms with Crippen molar-refractivity contribution >= 4 is 40.8 Å². The Kier molecular flexibility index (Phi) is 6.00. The fourth-order valence-corrected chi connectivity index (χ4v) is 2.27. The smallest absolute Gasteiger partial charge is 0.263 e. The van der Waals surface area contributed by atoms with Crippen LogP contribution in [0.1, 0.15) is 10.4 Å². The maximum Gasteiger partial charge on any atom is 0.263 e. The number of aromatic nitrogens is 1. The van der Waals surface area contributed by atoms with Crippen LogP contribution in [0.15, 0.2) is 36.5 Å². The minimum Gasteiger partial charge on any atom is -0.482 e. The van der Waals surface area contributed by atoms with Crippen LogP contribution in [-0.4, -0.2) is 42.4 Å². The van der Waals surface area contributed by atoms with Gasteiger partial charge < -0.3 is 15.0 Å². The molecule has 0 aliphatic rings. The Morgan fingerprint density at radius 1 is 1.21 bits per heavy atom. The fourth-order valence-electron chi connectivity index (χ4n) is 1.80. The molecule has 0 fully saturated rings. The van der Waals surface area contributed by atoms with Crippen LogP contribution in [0.5, 0.6) is 5.75 Å². The van der Waals surface area contributed by atoms with E-state index in [4.69, 9.17) is 27.9 Å². The number of nitrogens with zero attached hydrogens (tertiary/aromatic N) is 2. The second kappa shape index (κ2) is 7.99. The number of carbonyl (C=O) groups is 2. The van der Waals surface area contributed by atoms with E-state index in [9.17, 15) is 9.59 Å². The molecule has 0 aliphatic heterocycles. The quantitative estimate of drug-likeness (QED) is 0.880. The van der Waals surface area contributed by atoms with Gasteiger partial charge in [0.1, 0.15) is 11.6 Å². The van der Waals surface area contributed by atoms with Gasteiger partial charge in [-0.3, -0.25) is 9.59 Å². The molecule has 2 aromatic rings. The van der Waals surface area contributed by atoms with Crippen molar-refractivity contribution in [2.24, 2.45) is 0 Å². The van der Waals surface area contributed by atoms with Gasteiger partial charge in [-0.05, 0) is 30.3 Å². The molecule has 0 atom stereocenters. The summed E-state index contributed by atoms with van der Waals surface area (Å²) < 4.78 is 5.34. The number of hydrogen-bond acceptors (Lipinski definition) is 4. The molecule has 0 unspecified atom stereocenters. The first kappa shape index (κ1) is 18.0. The molecule has 0 spiro atoms. The van der Waals surface area contributed by atoms with Gasteiger partial charge in [-0.1, -0.05) is 23.2 Å². The highest BCUT2D eigenvalue weighted by Gasteiger charge is 2.11. The van der Waals surface area contributed by atoms with E-state index in [-0.39, 0.29) is 18.3 Å². The van der Waals surface area contributed by atoms with Crippen molar-refractivity contribution in [1.82, 2.24) is 9.88 Å². The van der Waals surface area contributed by atoms with Gasteiger partial charge >= 0.3 is 0 Å². The van der Waals surface area contributed by atoms with E-state index >= 15 is 0 Å². The zero-order valence-electron chi connectivity index (χ0n) is 13.0. The van der Waals surface area contributed by atoms with Crippen molar-refractivity contribution in [3.05, 3.63) is 52.1 Å². The van der Waals surface area contributed by atoms with E-state index in [1.165, 1.54) is 23.2 Å². The fraction of sp³-hybridized carbons (Fsp3) is 0.188. The van der Waals surface area contributed by atoms with Crippen LogP contribution in [-0.2, 0) is 4.79 Å². The lowest BCUT2D eigenvalue weighted by Gasteiger charge is -2.11. The summed E-state index contributed by atoms with van der Waals surface area (Å²) in [6.45, 7) is -0.255. The highest BCUT2D eigenvalue weighted by Crippen LogP contribution is 2.27. The minimum absolute atomic E-state index is 0.183. The van der Waals surface area contributed by atoms with Gasteiger partial charge in [0.2, 0.25) is 0 Å². The van der Waals surface area contributed by atoms with E-state index in [1.807, 2.05) is 0 Å². The molecular weight excluding hydrogens is 353 g/mol. The zero-order chi connectivity index (χ0) is 17.7. The molecular formula is C16H15Cl2N3O3. The predicted molar refractivity (Wildman–Crippen MR) is 92.8 cm³/mol. The lowest BCUT2D eigenvalue weighted by molar-refractivity contribution is -0.118. The number of hydrogen-bond donors (Lipinski definition) is 1. The molecule has 1 heterocycles. The first-order valence-electron chi connectivity index (χ1n) is 6.92. The first-order valence-corrected chi connectivity index (χ1v) is 7.68. The number of amides is 2. The van der Waals surface area contributed by atoms with Crippen molar-refractivity contribution in [3.63, 3.8) is 0 Å². The Balaban J connectivity index is 1.97.